The van der Waals surface area contributed by atoms with Gasteiger partial charge in [-0.1, -0.05) is 0 Å². The first kappa shape index (κ1) is 10.2. The van der Waals surface area contributed by atoms with Crippen molar-refractivity contribution in [3.05, 3.63) is 11.8 Å². The predicted octanol–water partition coefficient (Wildman–Crippen LogP) is 1.92. The second-order valence-corrected chi connectivity index (χ2v) is 4.54. The molecule has 3 nitrogen and oxygen atoms in total. The van der Waals surface area contributed by atoms with Crippen LogP contribution in [-0.2, 0) is 9.92 Å². The van der Waals surface area contributed by atoms with Crippen LogP contribution >= 0.6 is 0 Å². The number of nitrogens with zero attached hydrogens (tertiary/aromatic N) is 2. The van der Waals surface area contributed by atoms with E-state index in [4.69, 9.17) is 0 Å². The molecule has 0 fully saturated rings. The van der Waals surface area contributed by atoms with E-state index >= 15 is 0 Å². The lowest BCUT2D eigenvalue weighted by atomic mass is 10.2. The number of rotatable bonds is 0. The van der Waals surface area contributed by atoms with Gasteiger partial charge in [-0.2, -0.15) is 21.9 Å². The number of alkyl halides is 3. The third kappa shape index (κ3) is 2.30. The molecule has 7 heteroatoms. The fraction of sp³-hybridized carbons (Fsp3) is 0.500. The SMILES string of the molecule is CC1=CN=S(C)(=O)N=C1C(F)(F)F. The van der Waals surface area contributed by atoms with Crippen LogP contribution in [0, 0.1) is 0 Å². The molecular formula is C6H7F3N2OS. The third-order valence-corrected chi connectivity index (χ3v) is 2.36. The quantitative estimate of drug-likeness (QED) is 0.604. The summed E-state index contributed by atoms with van der Waals surface area (Å²) >= 11 is 0. The highest BCUT2D eigenvalue weighted by molar-refractivity contribution is 7.91. The third-order valence-electron chi connectivity index (χ3n) is 1.34. The highest BCUT2D eigenvalue weighted by Crippen LogP contribution is 2.25. The number of hydrogen-bond donors (Lipinski definition) is 0. The Bertz CT molecular complexity index is 399. The summed E-state index contributed by atoms with van der Waals surface area (Å²) in [5.74, 6) is 0. The summed E-state index contributed by atoms with van der Waals surface area (Å²) in [6.07, 6.45) is -2.56. The first-order valence-corrected chi connectivity index (χ1v) is 5.16. The van der Waals surface area contributed by atoms with Gasteiger partial charge in [0.05, 0.1) is 0 Å². The Morgan fingerprint density at radius 2 is 2.00 bits per heavy atom. The number of hydrogen-bond acceptors (Lipinski definition) is 2. The normalized spacial score (nSPS) is 29.0. The number of allylic oxidation sites excluding steroid dienone is 1. The zero-order valence-electron chi connectivity index (χ0n) is 6.92. The van der Waals surface area contributed by atoms with Crippen molar-refractivity contribution in [3.63, 3.8) is 0 Å². The van der Waals surface area contributed by atoms with E-state index in [1.54, 1.807) is 0 Å². The molecule has 0 aromatic carbocycles. The lowest BCUT2D eigenvalue weighted by Gasteiger charge is -2.13. The van der Waals surface area contributed by atoms with Gasteiger partial charge in [0.25, 0.3) is 0 Å². The van der Waals surface area contributed by atoms with Gasteiger partial charge in [-0.15, -0.1) is 0 Å². The standard InChI is InChI=1S/C6H7F3N2OS/c1-4-3-10-13(2,12)11-5(4)6(7,8)9/h3H,1-2H3. The fourth-order valence-electron chi connectivity index (χ4n) is 0.778. The van der Waals surface area contributed by atoms with Gasteiger partial charge < -0.3 is 0 Å². The molecule has 0 aliphatic carbocycles. The molecular weight excluding hydrogens is 205 g/mol. The van der Waals surface area contributed by atoms with Crippen LogP contribution in [0.4, 0.5) is 13.2 Å². The maximum Gasteiger partial charge on any atom is 0.434 e. The maximum atomic E-state index is 12.2. The fourth-order valence-corrected chi connectivity index (χ4v) is 1.77. The summed E-state index contributed by atoms with van der Waals surface area (Å²) in [6.45, 7) is 1.23. The van der Waals surface area contributed by atoms with Gasteiger partial charge in [-0.25, -0.2) is 4.21 Å². The van der Waals surface area contributed by atoms with Crippen molar-refractivity contribution in [2.24, 2.45) is 8.76 Å². The van der Waals surface area contributed by atoms with E-state index in [2.05, 4.69) is 8.76 Å². The zero-order valence-corrected chi connectivity index (χ0v) is 7.74. The van der Waals surface area contributed by atoms with E-state index in [1.807, 2.05) is 0 Å². The Morgan fingerprint density at radius 3 is 2.38 bits per heavy atom. The first-order valence-electron chi connectivity index (χ1n) is 3.28. The van der Waals surface area contributed by atoms with Crippen LogP contribution in [-0.4, -0.2) is 22.4 Å². The van der Waals surface area contributed by atoms with Gasteiger partial charge in [-0.3, -0.25) is 0 Å². The molecule has 0 amide bonds. The Morgan fingerprint density at radius 1 is 1.46 bits per heavy atom. The molecule has 0 aromatic heterocycles. The molecule has 0 spiro atoms. The molecule has 1 aliphatic heterocycles. The largest absolute Gasteiger partial charge is 0.434 e. The topological polar surface area (TPSA) is 41.8 Å². The Hall–Kier alpha value is -0.850. The van der Waals surface area contributed by atoms with E-state index in [0.29, 0.717) is 0 Å². The Labute approximate surface area is 73.7 Å². The van der Waals surface area contributed by atoms with Crippen molar-refractivity contribution in [1.29, 1.82) is 0 Å². The van der Waals surface area contributed by atoms with Crippen LogP contribution in [0.2, 0.25) is 0 Å². The van der Waals surface area contributed by atoms with Gasteiger partial charge >= 0.3 is 6.18 Å². The summed E-state index contributed by atoms with van der Waals surface area (Å²) in [6, 6.07) is 0. The van der Waals surface area contributed by atoms with E-state index < -0.39 is 21.8 Å². The van der Waals surface area contributed by atoms with Crippen molar-refractivity contribution in [1.82, 2.24) is 0 Å². The lowest BCUT2D eigenvalue weighted by Crippen LogP contribution is -2.26. The molecule has 1 aliphatic rings. The molecule has 1 unspecified atom stereocenters. The van der Waals surface area contributed by atoms with Gasteiger partial charge in [0.1, 0.15) is 0 Å². The second kappa shape index (κ2) is 2.83. The van der Waals surface area contributed by atoms with Crippen molar-refractivity contribution >= 4 is 15.6 Å². The zero-order chi connectivity index (χ0) is 10.3. The smallest absolute Gasteiger partial charge is 0.226 e. The molecule has 0 saturated carbocycles. The van der Waals surface area contributed by atoms with Crippen molar-refractivity contribution < 1.29 is 17.4 Å². The maximum absolute atomic E-state index is 12.2. The molecule has 0 bridgehead atoms. The summed E-state index contributed by atoms with van der Waals surface area (Å²) in [5, 5.41) is 0. The summed E-state index contributed by atoms with van der Waals surface area (Å²) < 4.78 is 54.1. The van der Waals surface area contributed by atoms with Crippen molar-refractivity contribution in [2.45, 2.75) is 13.1 Å². The Balaban J connectivity index is 3.30. The van der Waals surface area contributed by atoms with Gasteiger partial charge in [0.2, 0.25) is 0 Å². The van der Waals surface area contributed by atoms with Crippen LogP contribution in [0.5, 0.6) is 0 Å². The van der Waals surface area contributed by atoms with E-state index in [-0.39, 0.29) is 5.57 Å². The van der Waals surface area contributed by atoms with E-state index in [9.17, 15) is 17.4 Å². The molecule has 1 rings (SSSR count). The number of halogens is 3. The minimum absolute atomic E-state index is 0.117. The average molecular weight is 212 g/mol. The molecule has 13 heavy (non-hydrogen) atoms. The molecule has 0 aromatic rings. The summed E-state index contributed by atoms with van der Waals surface area (Å²) in [4.78, 5) is 0. The minimum atomic E-state index is -4.56. The summed E-state index contributed by atoms with van der Waals surface area (Å²) in [5.41, 5.74) is -1.22. The van der Waals surface area contributed by atoms with E-state index in [0.717, 1.165) is 12.5 Å². The van der Waals surface area contributed by atoms with Crippen LogP contribution in [0.25, 0.3) is 0 Å². The molecule has 0 radical (unpaired) electrons. The Kier molecular flexibility index (Phi) is 2.23. The van der Waals surface area contributed by atoms with E-state index in [1.165, 1.54) is 6.92 Å². The molecule has 74 valence electrons. The minimum Gasteiger partial charge on any atom is -0.226 e. The van der Waals surface area contributed by atoms with Gasteiger partial charge in [0, 0.05) is 12.5 Å². The monoisotopic (exact) mass is 212 g/mol. The second-order valence-electron chi connectivity index (χ2n) is 2.62. The van der Waals surface area contributed by atoms with Crippen LogP contribution < -0.4 is 0 Å². The van der Waals surface area contributed by atoms with Crippen LogP contribution in [0.3, 0.4) is 0 Å². The van der Waals surface area contributed by atoms with Crippen LogP contribution in [0.15, 0.2) is 20.5 Å². The predicted molar refractivity (Wildman–Crippen MR) is 43.7 cm³/mol. The molecule has 0 saturated heterocycles. The highest BCUT2D eigenvalue weighted by Gasteiger charge is 2.38. The van der Waals surface area contributed by atoms with Crippen molar-refractivity contribution in [2.75, 3.05) is 6.26 Å². The average Bonchev–Trinajstić information content (AvgIpc) is 1.92. The highest BCUT2D eigenvalue weighted by atomic mass is 32.2. The van der Waals surface area contributed by atoms with Crippen LogP contribution in [0.1, 0.15) is 6.92 Å². The lowest BCUT2D eigenvalue weighted by molar-refractivity contribution is -0.0580. The van der Waals surface area contributed by atoms with Crippen molar-refractivity contribution in [3.8, 4) is 0 Å². The molecule has 1 heterocycles. The van der Waals surface area contributed by atoms with Gasteiger partial charge in [0.15, 0.2) is 15.6 Å². The summed E-state index contributed by atoms with van der Waals surface area (Å²) in [7, 11) is -3.08. The first-order chi connectivity index (χ1) is 5.72. The van der Waals surface area contributed by atoms with Gasteiger partial charge in [-0.05, 0) is 12.5 Å². The molecule has 0 N–H and O–H groups in total. The molecule has 1 atom stereocenters.